The Kier molecular flexibility index (Phi) is 3.81. The highest BCUT2D eigenvalue weighted by Gasteiger charge is 2.38. The van der Waals surface area contributed by atoms with Crippen LogP contribution in [0.25, 0.3) is 0 Å². The Bertz CT molecular complexity index is 646. The molecule has 2 atom stereocenters. The molecule has 0 spiro atoms. The van der Waals surface area contributed by atoms with Crippen molar-refractivity contribution in [2.24, 2.45) is 11.1 Å². The molecule has 3 nitrogen and oxygen atoms in total. The molecule has 2 aliphatic rings. The van der Waals surface area contributed by atoms with Crippen LogP contribution < -0.4 is 0 Å². The maximum absolute atomic E-state index is 13.1. The number of halogens is 3. The molecule has 0 bridgehead atoms. The second kappa shape index (κ2) is 5.64. The average Bonchev–Trinajstić information content (AvgIpc) is 2.74. The van der Waals surface area contributed by atoms with E-state index in [1.807, 2.05) is 0 Å². The minimum absolute atomic E-state index is 0.0255. The van der Waals surface area contributed by atoms with Crippen LogP contribution in [0.2, 0.25) is 0 Å². The van der Waals surface area contributed by atoms with Crippen molar-refractivity contribution in [1.29, 1.82) is 5.26 Å². The molecule has 0 N–H and O–H groups in total. The predicted molar refractivity (Wildman–Crippen MR) is 74.1 cm³/mol. The summed E-state index contributed by atoms with van der Waals surface area (Å²) in [6, 6.07) is 5.36. The zero-order valence-electron chi connectivity index (χ0n) is 11.9. The fraction of sp³-hybridized carbons (Fsp3) is 0.500. The molecule has 1 aliphatic carbocycles. The summed E-state index contributed by atoms with van der Waals surface area (Å²) in [6.07, 6.45) is 0.402. The molecule has 1 aromatic carbocycles. The highest BCUT2D eigenvalue weighted by atomic mass is 19.4. The first-order valence-electron chi connectivity index (χ1n) is 7.36. The summed E-state index contributed by atoms with van der Waals surface area (Å²) < 4.78 is 39.2. The van der Waals surface area contributed by atoms with Gasteiger partial charge in [-0.05, 0) is 31.4 Å². The maximum Gasteiger partial charge on any atom is 0.417 e. The zero-order chi connectivity index (χ0) is 15.7. The van der Waals surface area contributed by atoms with Crippen LogP contribution in [0.15, 0.2) is 23.4 Å². The first kappa shape index (κ1) is 14.9. The van der Waals surface area contributed by atoms with Gasteiger partial charge < -0.3 is 4.84 Å². The second-order valence-electron chi connectivity index (χ2n) is 5.73. The lowest BCUT2D eigenvalue weighted by Gasteiger charge is -2.16. The molecule has 2 unspecified atom stereocenters. The van der Waals surface area contributed by atoms with E-state index in [-0.39, 0.29) is 17.6 Å². The quantitative estimate of drug-likeness (QED) is 0.778. The summed E-state index contributed by atoms with van der Waals surface area (Å²) in [5, 5.41) is 12.9. The molecule has 0 amide bonds. The molecule has 1 saturated carbocycles. The number of rotatable bonds is 1. The number of hydrogen-bond acceptors (Lipinski definition) is 3. The van der Waals surface area contributed by atoms with Gasteiger partial charge in [-0.15, -0.1) is 0 Å². The van der Waals surface area contributed by atoms with E-state index in [1.165, 1.54) is 12.1 Å². The number of nitriles is 1. The van der Waals surface area contributed by atoms with E-state index < -0.39 is 11.7 Å². The lowest BCUT2D eigenvalue weighted by molar-refractivity contribution is -0.137. The van der Waals surface area contributed by atoms with Crippen molar-refractivity contribution in [2.75, 3.05) is 0 Å². The Morgan fingerprint density at radius 3 is 2.68 bits per heavy atom. The average molecular weight is 308 g/mol. The Hall–Kier alpha value is -2.03. The number of alkyl halides is 3. The van der Waals surface area contributed by atoms with Gasteiger partial charge in [-0.2, -0.15) is 18.4 Å². The van der Waals surface area contributed by atoms with Crippen LogP contribution in [-0.2, 0) is 11.0 Å². The van der Waals surface area contributed by atoms with Gasteiger partial charge >= 0.3 is 6.18 Å². The molecule has 3 rings (SSSR count). The van der Waals surface area contributed by atoms with Crippen LogP contribution in [0.4, 0.5) is 13.2 Å². The SMILES string of the molecule is N#Cc1ccc(C2=NOC3CCCCCC23)cc1C(F)(F)F. The van der Waals surface area contributed by atoms with Crippen molar-refractivity contribution in [3.05, 3.63) is 34.9 Å². The number of hydrogen-bond donors (Lipinski definition) is 0. The van der Waals surface area contributed by atoms with Crippen molar-refractivity contribution >= 4 is 5.71 Å². The normalized spacial score (nSPS) is 24.7. The molecule has 116 valence electrons. The Morgan fingerprint density at radius 1 is 1.18 bits per heavy atom. The summed E-state index contributed by atoms with van der Waals surface area (Å²) in [6.45, 7) is 0. The predicted octanol–water partition coefficient (Wildman–Crippen LogP) is 4.26. The third-order valence-corrected chi connectivity index (χ3v) is 4.33. The molecule has 6 heteroatoms. The number of fused-ring (bicyclic) bond motifs is 1. The molecule has 0 radical (unpaired) electrons. The Morgan fingerprint density at radius 2 is 1.95 bits per heavy atom. The van der Waals surface area contributed by atoms with E-state index in [4.69, 9.17) is 10.1 Å². The van der Waals surface area contributed by atoms with Crippen molar-refractivity contribution in [2.45, 2.75) is 44.4 Å². The van der Waals surface area contributed by atoms with E-state index in [1.54, 1.807) is 6.07 Å². The standard InChI is InChI=1S/C16H15F3N2O/c17-16(18,19)13-8-10(6-7-11(13)9-20)15-12-4-2-1-3-5-14(12)22-21-15/h6-8,12,14H,1-5H2. The van der Waals surface area contributed by atoms with Crippen LogP contribution in [0.5, 0.6) is 0 Å². The van der Waals surface area contributed by atoms with Crippen LogP contribution in [0.3, 0.4) is 0 Å². The third kappa shape index (κ3) is 2.68. The maximum atomic E-state index is 13.1. The van der Waals surface area contributed by atoms with E-state index in [9.17, 15) is 13.2 Å². The molecule has 1 aliphatic heterocycles. The second-order valence-corrected chi connectivity index (χ2v) is 5.73. The van der Waals surface area contributed by atoms with Gasteiger partial charge in [0.25, 0.3) is 0 Å². The van der Waals surface area contributed by atoms with E-state index >= 15 is 0 Å². The molecule has 0 saturated heterocycles. The fourth-order valence-corrected chi connectivity index (χ4v) is 3.21. The smallest absolute Gasteiger partial charge is 0.392 e. The Labute approximate surface area is 126 Å². The van der Waals surface area contributed by atoms with E-state index in [0.29, 0.717) is 11.3 Å². The number of oxime groups is 1. The van der Waals surface area contributed by atoms with Crippen LogP contribution in [0.1, 0.15) is 48.8 Å². The molecule has 22 heavy (non-hydrogen) atoms. The third-order valence-electron chi connectivity index (χ3n) is 4.33. The minimum Gasteiger partial charge on any atom is -0.392 e. The molecular weight excluding hydrogens is 293 g/mol. The molecule has 1 heterocycles. The molecule has 0 aromatic heterocycles. The highest BCUT2D eigenvalue weighted by molar-refractivity contribution is 6.03. The van der Waals surface area contributed by atoms with Gasteiger partial charge in [-0.1, -0.05) is 24.1 Å². The monoisotopic (exact) mass is 308 g/mol. The van der Waals surface area contributed by atoms with Gasteiger partial charge in [0.05, 0.1) is 22.9 Å². The largest absolute Gasteiger partial charge is 0.417 e. The summed E-state index contributed by atoms with van der Waals surface area (Å²) in [7, 11) is 0. The van der Waals surface area contributed by atoms with Crippen molar-refractivity contribution in [3.63, 3.8) is 0 Å². The van der Waals surface area contributed by atoms with Crippen molar-refractivity contribution < 1.29 is 18.0 Å². The minimum atomic E-state index is -4.55. The van der Waals surface area contributed by atoms with Crippen LogP contribution in [-0.4, -0.2) is 11.8 Å². The van der Waals surface area contributed by atoms with Gasteiger partial charge in [0.1, 0.15) is 6.10 Å². The highest BCUT2D eigenvalue weighted by Crippen LogP contribution is 2.36. The van der Waals surface area contributed by atoms with Gasteiger partial charge in [-0.25, -0.2) is 0 Å². The topological polar surface area (TPSA) is 45.4 Å². The summed E-state index contributed by atoms with van der Waals surface area (Å²) >= 11 is 0. The molecule has 1 aromatic rings. The van der Waals surface area contributed by atoms with Crippen molar-refractivity contribution in [3.8, 4) is 6.07 Å². The first-order valence-corrected chi connectivity index (χ1v) is 7.36. The van der Waals surface area contributed by atoms with Crippen LogP contribution in [0, 0.1) is 17.2 Å². The van der Waals surface area contributed by atoms with Gasteiger partial charge in [0.2, 0.25) is 0 Å². The van der Waals surface area contributed by atoms with Crippen molar-refractivity contribution in [1.82, 2.24) is 0 Å². The van der Waals surface area contributed by atoms with E-state index in [0.717, 1.165) is 38.2 Å². The van der Waals surface area contributed by atoms with E-state index in [2.05, 4.69) is 5.16 Å². The number of benzene rings is 1. The summed E-state index contributed by atoms with van der Waals surface area (Å²) in [4.78, 5) is 5.43. The lowest BCUT2D eigenvalue weighted by Crippen LogP contribution is -2.23. The summed E-state index contributed by atoms with van der Waals surface area (Å²) in [5.74, 6) is 0.0523. The zero-order valence-corrected chi connectivity index (χ0v) is 11.9. The van der Waals surface area contributed by atoms with Gasteiger partial charge in [0, 0.05) is 11.5 Å². The first-order chi connectivity index (χ1) is 10.5. The summed E-state index contributed by atoms with van der Waals surface area (Å²) in [5.41, 5.74) is -0.289. The molecule has 1 fully saturated rings. The lowest BCUT2D eigenvalue weighted by atomic mass is 9.88. The van der Waals surface area contributed by atoms with Gasteiger partial charge in [-0.3, -0.25) is 0 Å². The number of nitrogens with zero attached hydrogens (tertiary/aromatic N) is 2. The Balaban J connectivity index is 1.97. The van der Waals surface area contributed by atoms with Gasteiger partial charge in [0.15, 0.2) is 0 Å². The van der Waals surface area contributed by atoms with Crippen LogP contribution >= 0.6 is 0 Å². The fourth-order valence-electron chi connectivity index (χ4n) is 3.21. The molecular formula is C16H15F3N2O.